The number of carbonyl (C=O) groups is 2. The van der Waals surface area contributed by atoms with E-state index in [9.17, 15) is 14.7 Å². The third-order valence-corrected chi connectivity index (χ3v) is 4.08. The van der Waals surface area contributed by atoms with Crippen LogP contribution in [-0.4, -0.2) is 51.8 Å². The second kappa shape index (κ2) is 8.42. The molecule has 1 amide bonds. The molecule has 130 valence electrons. The van der Waals surface area contributed by atoms with E-state index in [1.165, 1.54) is 6.92 Å². The number of carbonyl (C=O) groups excluding carboxylic acids is 2. The zero-order chi connectivity index (χ0) is 16.3. The average Bonchev–Trinajstić information content (AvgIpc) is 2.73. The molecule has 0 bridgehead atoms. The third-order valence-electron chi connectivity index (χ3n) is 4.08. The fourth-order valence-corrected chi connectivity index (χ4v) is 2.92. The number of Topliss-reactive ketones (excluding diaryl/α,β-unsaturated/α-hetero) is 1. The van der Waals surface area contributed by atoms with Crippen molar-refractivity contribution in [1.29, 1.82) is 0 Å². The summed E-state index contributed by atoms with van der Waals surface area (Å²) in [5, 5.41) is 20.1. The summed E-state index contributed by atoms with van der Waals surface area (Å²) in [7, 11) is 0. The van der Waals surface area contributed by atoms with E-state index in [1.807, 2.05) is 6.92 Å². The minimum absolute atomic E-state index is 0. The van der Waals surface area contributed by atoms with Crippen LogP contribution >= 0.6 is 12.4 Å². The highest BCUT2D eigenvalue weighted by molar-refractivity contribution is 5.96. The molecule has 2 rings (SSSR count). The zero-order valence-corrected chi connectivity index (χ0v) is 14.6. The van der Waals surface area contributed by atoms with Gasteiger partial charge in [-0.05, 0) is 33.7 Å². The van der Waals surface area contributed by atoms with Gasteiger partial charge in [-0.15, -0.1) is 12.4 Å². The van der Waals surface area contributed by atoms with E-state index < -0.39 is 6.10 Å². The van der Waals surface area contributed by atoms with Crippen molar-refractivity contribution in [3.63, 3.8) is 0 Å². The molecule has 1 aromatic heterocycles. The number of hydrogen-bond acceptors (Lipinski definition) is 5. The summed E-state index contributed by atoms with van der Waals surface area (Å²) in [6.45, 7) is 6.88. The Hall–Kier alpha value is -1.44. The summed E-state index contributed by atoms with van der Waals surface area (Å²) in [5.41, 5.74) is 2.12. The minimum Gasteiger partial charge on any atom is -0.390 e. The van der Waals surface area contributed by atoms with Crippen LogP contribution in [0.5, 0.6) is 0 Å². The van der Waals surface area contributed by atoms with Gasteiger partial charge >= 0.3 is 0 Å². The SMILES string of the molecule is CC(=O)c1c(C)nn(CCC(=O)N[C@@H]2CCNC[C@H]2O)c1C.Cl. The van der Waals surface area contributed by atoms with Crippen molar-refractivity contribution in [3.8, 4) is 0 Å². The molecule has 1 fully saturated rings. The number of rotatable bonds is 5. The van der Waals surface area contributed by atoms with Crippen molar-refractivity contribution >= 4 is 24.1 Å². The van der Waals surface area contributed by atoms with Crippen LogP contribution in [0.2, 0.25) is 0 Å². The second-order valence-electron chi connectivity index (χ2n) is 5.81. The van der Waals surface area contributed by atoms with Crippen molar-refractivity contribution in [1.82, 2.24) is 20.4 Å². The normalized spacial score (nSPS) is 20.7. The van der Waals surface area contributed by atoms with E-state index >= 15 is 0 Å². The van der Waals surface area contributed by atoms with Crippen LogP contribution in [-0.2, 0) is 11.3 Å². The summed E-state index contributed by atoms with van der Waals surface area (Å²) >= 11 is 0. The lowest BCUT2D eigenvalue weighted by atomic mass is 10.0. The molecule has 0 aliphatic carbocycles. The fourth-order valence-electron chi connectivity index (χ4n) is 2.92. The molecule has 0 aromatic carbocycles. The standard InChI is InChI=1S/C15H24N4O3.ClH/c1-9-15(11(3)20)10(2)19(18-9)7-5-14(22)17-12-4-6-16-8-13(12)21;/h12-13,16,21H,4-8H2,1-3H3,(H,17,22);1H/t12-,13-;/m1./s1. The average molecular weight is 345 g/mol. The van der Waals surface area contributed by atoms with Crippen LogP contribution in [0.3, 0.4) is 0 Å². The van der Waals surface area contributed by atoms with Crippen LogP contribution in [0.4, 0.5) is 0 Å². The summed E-state index contributed by atoms with van der Waals surface area (Å²) in [6, 6.07) is -0.193. The molecule has 2 heterocycles. The Kier molecular flexibility index (Phi) is 7.18. The van der Waals surface area contributed by atoms with Gasteiger partial charge in [-0.25, -0.2) is 0 Å². The Labute approximate surface area is 142 Å². The Morgan fingerprint density at radius 2 is 2.13 bits per heavy atom. The van der Waals surface area contributed by atoms with Crippen molar-refractivity contribution in [2.24, 2.45) is 0 Å². The second-order valence-corrected chi connectivity index (χ2v) is 5.81. The first kappa shape index (κ1) is 19.6. The Morgan fingerprint density at radius 1 is 1.43 bits per heavy atom. The number of amides is 1. The van der Waals surface area contributed by atoms with Crippen molar-refractivity contribution in [2.75, 3.05) is 13.1 Å². The number of nitrogens with one attached hydrogen (secondary N) is 2. The maximum absolute atomic E-state index is 12.0. The first-order valence-corrected chi connectivity index (χ1v) is 7.63. The van der Waals surface area contributed by atoms with Gasteiger partial charge in [0.1, 0.15) is 0 Å². The lowest BCUT2D eigenvalue weighted by Crippen LogP contribution is -2.52. The summed E-state index contributed by atoms with van der Waals surface area (Å²) in [5.74, 6) is -0.119. The number of aliphatic hydroxyl groups excluding tert-OH is 1. The monoisotopic (exact) mass is 344 g/mol. The van der Waals surface area contributed by atoms with Gasteiger partial charge < -0.3 is 15.7 Å². The van der Waals surface area contributed by atoms with Crippen molar-refractivity contribution in [2.45, 2.75) is 52.3 Å². The molecule has 0 saturated carbocycles. The molecule has 1 saturated heterocycles. The molecular weight excluding hydrogens is 320 g/mol. The number of aryl methyl sites for hydroxylation is 2. The number of ketones is 1. The maximum Gasteiger partial charge on any atom is 0.222 e. The predicted molar refractivity (Wildman–Crippen MR) is 89.0 cm³/mol. The highest BCUT2D eigenvalue weighted by Crippen LogP contribution is 2.14. The Bertz CT molecular complexity index is 573. The highest BCUT2D eigenvalue weighted by Gasteiger charge is 2.24. The van der Waals surface area contributed by atoms with Crippen LogP contribution in [0.15, 0.2) is 0 Å². The quantitative estimate of drug-likeness (QED) is 0.670. The number of aromatic nitrogens is 2. The van der Waals surface area contributed by atoms with E-state index in [2.05, 4.69) is 15.7 Å². The first-order valence-electron chi connectivity index (χ1n) is 7.63. The van der Waals surface area contributed by atoms with Gasteiger partial charge in [-0.1, -0.05) is 0 Å². The Morgan fingerprint density at radius 3 is 2.70 bits per heavy atom. The van der Waals surface area contributed by atoms with E-state index in [-0.39, 0.29) is 36.6 Å². The van der Waals surface area contributed by atoms with Gasteiger partial charge in [-0.2, -0.15) is 5.10 Å². The molecule has 2 atom stereocenters. The van der Waals surface area contributed by atoms with E-state index in [0.717, 1.165) is 18.7 Å². The number of hydrogen-bond donors (Lipinski definition) is 3. The first-order chi connectivity index (χ1) is 10.4. The number of nitrogens with zero attached hydrogens (tertiary/aromatic N) is 2. The van der Waals surface area contributed by atoms with Crippen LogP contribution < -0.4 is 10.6 Å². The van der Waals surface area contributed by atoms with Crippen LogP contribution in [0.25, 0.3) is 0 Å². The summed E-state index contributed by atoms with van der Waals surface area (Å²) in [6.07, 6.45) is 0.452. The van der Waals surface area contributed by atoms with E-state index in [4.69, 9.17) is 0 Å². The molecule has 0 unspecified atom stereocenters. The zero-order valence-electron chi connectivity index (χ0n) is 13.8. The topological polar surface area (TPSA) is 96.2 Å². The molecule has 3 N–H and O–H groups in total. The number of halogens is 1. The van der Waals surface area contributed by atoms with Crippen LogP contribution in [0.1, 0.15) is 41.5 Å². The van der Waals surface area contributed by atoms with Crippen molar-refractivity contribution in [3.05, 3.63) is 17.0 Å². The van der Waals surface area contributed by atoms with Gasteiger partial charge in [0.15, 0.2) is 5.78 Å². The lowest BCUT2D eigenvalue weighted by molar-refractivity contribution is -0.123. The summed E-state index contributed by atoms with van der Waals surface area (Å²) in [4.78, 5) is 23.6. The summed E-state index contributed by atoms with van der Waals surface area (Å²) < 4.78 is 1.70. The molecule has 0 radical (unpaired) electrons. The molecule has 8 heteroatoms. The minimum atomic E-state index is -0.546. The van der Waals surface area contributed by atoms with Gasteiger partial charge in [0.05, 0.1) is 23.4 Å². The maximum atomic E-state index is 12.0. The van der Waals surface area contributed by atoms with E-state index in [0.29, 0.717) is 24.3 Å². The van der Waals surface area contributed by atoms with Crippen molar-refractivity contribution < 1.29 is 14.7 Å². The number of aliphatic hydroxyl groups is 1. The van der Waals surface area contributed by atoms with E-state index in [1.54, 1.807) is 11.6 Å². The number of piperidine rings is 1. The largest absolute Gasteiger partial charge is 0.390 e. The molecule has 1 aliphatic rings. The molecule has 7 nitrogen and oxygen atoms in total. The van der Waals surface area contributed by atoms with Gasteiger partial charge in [0, 0.05) is 25.2 Å². The molecule has 0 spiro atoms. The van der Waals surface area contributed by atoms with Gasteiger partial charge in [0.2, 0.25) is 5.91 Å². The Balaban J connectivity index is 0.00000264. The third kappa shape index (κ3) is 4.76. The highest BCUT2D eigenvalue weighted by atomic mass is 35.5. The fraction of sp³-hybridized carbons (Fsp3) is 0.667. The molecule has 1 aromatic rings. The van der Waals surface area contributed by atoms with Gasteiger partial charge in [0.25, 0.3) is 0 Å². The lowest BCUT2D eigenvalue weighted by Gasteiger charge is -2.29. The van der Waals surface area contributed by atoms with Crippen LogP contribution in [0, 0.1) is 13.8 Å². The number of β-amino-alcohol motifs (C(OH)–C–C–N with tert-alkyl or cyclic N) is 1. The smallest absolute Gasteiger partial charge is 0.222 e. The van der Waals surface area contributed by atoms with Gasteiger partial charge in [-0.3, -0.25) is 14.3 Å². The molecular formula is C15H25ClN4O3. The predicted octanol–water partition coefficient (Wildman–Crippen LogP) is 0.353. The molecule has 23 heavy (non-hydrogen) atoms. The molecule has 1 aliphatic heterocycles.